The molecule has 1 atom stereocenters. The average molecular weight is 431 g/mol. The van der Waals surface area contributed by atoms with E-state index in [2.05, 4.69) is 10.0 Å². The third-order valence-corrected chi connectivity index (χ3v) is 5.72. The van der Waals surface area contributed by atoms with E-state index in [9.17, 15) is 21.6 Å². The largest absolute Gasteiger partial charge is 0.345 e. The molecule has 27 heavy (non-hydrogen) atoms. The van der Waals surface area contributed by atoms with Crippen molar-refractivity contribution >= 4 is 43.1 Å². The average Bonchev–Trinajstić information content (AvgIpc) is 2.52. The van der Waals surface area contributed by atoms with Gasteiger partial charge in [-0.1, -0.05) is 23.7 Å². The number of amides is 1. The fourth-order valence-corrected chi connectivity index (χ4v) is 3.79. The second-order valence-electron chi connectivity index (χ2n) is 6.11. The summed E-state index contributed by atoms with van der Waals surface area (Å²) in [5.41, 5.74) is 1.17. The van der Waals surface area contributed by atoms with Crippen LogP contribution in [-0.2, 0) is 19.9 Å². The van der Waals surface area contributed by atoms with Gasteiger partial charge in [0.15, 0.2) is 9.84 Å². The Labute approximate surface area is 163 Å². The maximum Gasteiger partial charge on any atom is 0.253 e. The van der Waals surface area contributed by atoms with Crippen molar-refractivity contribution in [3.05, 3.63) is 58.6 Å². The molecule has 1 amide bonds. The predicted octanol–water partition coefficient (Wildman–Crippen LogP) is 2.61. The third-order valence-electron chi connectivity index (χ3n) is 3.67. The van der Waals surface area contributed by atoms with Crippen molar-refractivity contribution in [1.82, 2.24) is 5.32 Å². The van der Waals surface area contributed by atoms with Gasteiger partial charge in [0.1, 0.15) is 0 Å². The van der Waals surface area contributed by atoms with E-state index in [4.69, 9.17) is 11.6 Å². The zero-order valence-corrected chi connectivity index (χ0v) is 17.2. The maximum absolute atomic E-state index is 12.4. The molecule has 0 saturated carbocycles. The first-order chi connectivity index (χ1) is 12.4. The van der Waals surface area contributed by atoms with E-state index < -0.39 is 31.8 Å². The van der Waals surface area contributed by atoms with Crippen molar-refractivity contribution in [2.45, 2.75) is 17.9 Å². The van der Waals surface area contributed by atoms with Gasteiger partial charge in [0.2, 0.25) is 10.0 Å². The van der Waals surface area contributed by atoms with Gasteiger partial charge < -0.3 is 5.32 Å². The minimum absolute atomic E-state index is 0.0979. The highest BCUT2D eigenvalue weighted by Crippen LogP contribution is 2.23. The molecule has 0 aromatic heterocycles. The first kappa shape index (κ1) is 21.2. The number of anilines is 1. The van der Waals surface area contributed by atoms with Crippen LogP contribution in [0.1, 0.15) is 28.9 Å². The van der Waals surface area contributed by atoms with Crippen LogP contribution in [0.2, 0.25) is 5.02 Å². The molecule has 2 aromatic rings. The monoisotopic (exact) mass is 430 g/mol. The summed E-state index contributed by atoms with van der Waals surface area (Å²) in [5.74, 6) is -0.439. The lowest BCUT2D eigenvalue weighted by Gasteiger charge is -2.16. The zero-order chi connectivity index (χ0) is 20.4. The fraction of sp³-hybridized carbons (Fsp3) is 0.235. The molecule has 0 bridgehead atoms. The van der Waals surface area contributed by atoms with E-state index in [1.54, 1.807) is 19.1 Å². The molecule has 0 aliphatic carbocycles. The van der Waals surface area contributed by atoms with Crippen LogP contribution in [0.25, 0.3) is 0 Å². The molecular weight excluding hydrogens is 412 g/mol. The van der Waals surface area contributed by atoms with Crippen molar-refractivity contribution in [2.24, 2.45) is 0 Å². The number of carbonyl (C=O) groups is 1. The Balaban J connectivity index is 2.14. The normalized spacial score (nSPS) is 13.0. The predicted molar refractivity (Wildman–Crippen MR) is 105 cm³/mol. The van der Waals surface area contributed by atoms with Crippen LogP contribution >= 0.6 is 11.6 Å². The third kappa shape index (κ3) is 5.95. The van der Waals surface area contributed by atoms with Gasteiger partial charge in [-0.3, -0.25) is 9.52 Å². The standard InChI is InChI=1S/C17H19ClN2O5S2/c1-11(12-4-7-14(8-5-12)26(2,22)23)19-17(21)15-9-6-13(10-16(15)18)20-27(3,24)25/h4-11,20H,1-3H3,(H,19,21)/t11-/m0/s1. The van der Waals surface area contributed by atoms with Crippen molar-refractivity contribution < 1.29 is 21.6 Å². The van der Waals surface area contributed by atoms with Crippen LogP contribution < -0.4 is 10.0 Å². The zero-order valence-electron chi connectivity index (χ0n) is 14.9. The van der Waals surface area contributed by atoms with Gasteiger partial charge >= 0.3 is 0 Å². The molecule has 2 aromatic carbocycles. The highest BCUT2D eigenvalue weighted by atomic mass is 35.5. The molecule has 0 unspecified atom stereocenters. The summed E-state index contributed by atoms with van der Waals surface area (Å²) in [6.07, 6.45) is 2.13. The number of nitrogens with one attached hydrogen (secondary N) is 2. The van der Waals surface area contributed by atoms with Gasteiger partial charge in [-0.2, -0.15) is 0 Å². The molecule has 2 rings (SSSR count). The van der Waals surface area contributed by atoms with E-state index in [1.807, 2.05) is 0 Å². The van der Waals surface area contributed by atoms with E-state index in [0.29, 0.717) is 0 Å². The molecule has 2 N–H and O–H groups in total. The van der Waals surface area contributed by atoms with Crippen LogP contribution in [0.3, 0.4) is 0 Å². The van der Waals surface area contributed by atoms with Gasteiger partial charge in [0.05, 0.1) is 27.8 Å². The van der Waals surface area contributed by atoms with Crippen molar-refractivity contribution in [3.63, 3.8) is 0 Å². The highest BCUT2D eigenvalue weighted by molar-refractivity contribution is 7.92. The summed E-state index contributed by atoms with van der Waals surface area (Å²) in [6.45, 7) is 1.75. The molecule has 0 spiro atoms. The number of benzene rings is 2. The summed E-state index contributed by atoms with van der Waals surface area (Å²) in [5, 5.41) is 2.87. The lowest BCUT2D eigenvalue weighted by atomic mass is 10.1. The van der Waals surface area contributed by atoms with E-state index in [0.717, 1.165) is 18.1 Å². The number of halogens is 1. The van der Waals surface area contributed by atoms with Crippen LogP contribution in [-0.4, -0.2) is 35.3 Å². The summed E-state index contributed by atoms with van der Waals surface area (Å²) in [6, 6.07) is 10.0. The Bertz CT molecular complexity index is 1070. The summed E-state index contributed by atoms with van der Waals surface area (Å²) < 4.78 is 47.8. The number of hydrogen-bond acceptors (Lipinski definition) is 5. The topological polar surface area (TPSA) is 109 Å². The number of hydrogen-bond donors (Lipinski definition) is 2. The first-order valence-electron chi connectivity index (χ1n) is 7.75. The minimum Gasteiger partial charge on any atom is -0.345 e. The molecular formula is C17H19ClN2O5S2. The molecule has 0 saturated heterocycles. The van der Waals surface area contributed by atoms with E-state index in [1.165, 1.54) is 30.3 Å². The molecule has 146 valence electrons. The van der Waals surface area contributed by atoms with E-state index in [-0.39, 0.29) is 21.2 Å². The second-order valence-corrected chi connectivity index (χ2v) is 10.3. The van der Waals surface area contributed by atoms with Gasteiger partial charge in [-0.25, -0.2) is 16.8 Å². The molecule has 7 nitrogen and oxygen atoms in total. The van der Waals surface area contributed by atoms with Crippen LogP contribution in [0, 0.1) is 0 Å². The molecule has 0 aliphatic heterocycles. The number of sulfone groups is 1. The number of carbonyl (C=O) groups excluding carboxylic acids is 1. The van der Waals surface area contributed by atoms with Gasteiger partial charge in [0, 0.05) is 11.9 Å². The Morgan fingerprint density at radius 3 is 2.07 bits per heavy atom. The van der Waals surface area contributed by atoms with Gasteiger partial charge in [-0.15, -0.1) is 0 Å². The second kappa shape index (κ2) is 7.87. The first-order valence-corrected chi connectivity index (χ1v) is 11.9. The highest BCUT2D eigenvalue weighted by Gasteiger charge is 2.16. The maximum atomic E-state index is 12.4. The van der Waals surface area contributed by atoms with Gasteiger partial charge in [-0.05, 0) is 42.8 Å². The van der Waals surface area contributed by atoms with Crippen molar-refractivity contribution in [1.29, 1.82) is 0 Å². The number of sulfonamides is 1. The Morgan fingerprint density at radius 1 is 1.00 bits per heavy atom. The minimum atomic E-state index is -3.45. The lowest BCUT2D eigenvalue weighted by molar-refractivity contribution is 0.0940. The Kier molecular flexibility index (Phi) is 6.18. The fourth-order valence-electron chi connectivity index (χ4n) is 2.34. The van der Waals surface area contributed by atoms with Gasteiger partial charge in [0.25, 0.3) is 5.91 Å². The van der Waals surface area contributed by atoms with E-state index >= 15 is 0 Å². The summed E-state index contributed by atoms with van der Waals surface area (Å²) in [7, 11) is -6.74. The molecule has 0 radical (unpaired) electrons. The lowest BCUT2D eigenvalue weighted by Crippen LogP contribution is -2.27. The molecule has 0 heterocycles. The molecule has 10 heteroatoms. The molecule has 0 aliphatic rings. The Morgan fingerprint density at radius 2 is 1.59 bits per heavy atom. The van der Waals surface area contributed by atoms with Crippen LogP contribution in [0.15, 0.2) is 47.4 Å². The molecule has 0 fully saturated rings. The van der Waals surface area contributed by atoms with Crippen molar-refractivity contribution in [2.75, 3.05) is 17.2 Å². The quantitative estimate of drug-likeness (QED) is 0.732. The van der Waals surface area contributed by atoms with Crippen LogP contribution in [0.5, 0.6) is 0 Å². The Hall–Kier alpha value is -2.10. The summed E-state index contributed by atoms with van der Waals surface area (Å²) in [4.78, 5) is 12.6. The number of rotatable bonds is 6. The SMILES string of the molecule is C[C@H](NC(=O)c1ccc(NS(C)(=O)=O)cc1Cl)c1ccc(S(C)(=O)=O)cc1. The van der Waals surface area contributed by atoms with Crippen LogP contribution in [0.4, 0.5) is 5.69 Å². The smallest absolute Gasteiger partial charge is 0.253 e. The van der Waals surface area contributed by atoms with Crippen molar-refractivity contribution in [3.8, 4) is 0 Å². The summed E-state index contributed by atoms with van der Waals surface area (Å²) >= 11 is 6.09.